The molecule has 1 aliphatic heterocycles. The Hall–Kier alpha value is -3.94. The molecule has 174 valence electrons. The van der Waals surface area contributed by atoms with Crippen molar-refractivity contribution in [2.24, 2.45) is 0 Å². The molecule has 0 aliphatic carbocycles. The zero-order chi connectivity index (χ0) is 24.1. The predicted octanol–water partition coefficient (Wildman–Crippen LogP) is 3.99. The topological polar surface area (TPSA) is 83.5 Å². The minimum Gasteiger partial charge on any atom is -0.497 e. The highest BCUT2D eigenvalue weighted by Gasteiger charge is 2.38. The summed E-state index contributed by atoms with van der Waals surface area (Å²) >= 11 is 0. The molecular weight excluding hydrogens is 426 g/mol. The number of amides is 1. The van der Waals surface area contributed by atoms with E-state index >= 15 is 0 Å². The van der Waals surface area contributed by atoms with Crippen LogP contribution in [0.4, 0.5) is 5.69 Å². The van der Waals surface area contributed by atoms with Crippen LogP contribution in [0.2, 0.25) is 0 Å². The van der Waals surface area contributed by atoms with Crippen molar-refractivity contribution in [2.75, 3.05) is 39.9 Å². The number of hydrogen-bond acceptors (Lipinski definition) is 7. The van der Waals surface area contributed by atoms with E-state index in [1.807, 2.05) is 0 Å². The normalized spacial score (nSPS) is 14.5. The number of methoxy groups -OCH3 is 4. The highest BCUT2D eigenvalue weighted by Crippen LogP contribution is 2.41. The second-order valence-corrected chi connectivity index (χ2v) is 7.04. The maximum atomic E-state index is 13.5. The zero-order valence-corrected chi connectivity index (χ0v) is 19.6. The van der Waals surface area contributed by atoms with E-state index in [4.69, 9.17) is 23.7 Å². The van der Waals surface area contributed by atoms with Gasteiger partial charge < -0.3 is 23.7 Å². The maximum Gasteiger partial charge on any atom is 0.340 e. The van der Waals surface area contributed by atoms with Gasteiger partial charge in [-0.1, -0.05) is 0 Å². The molecule has 0 saturated carbocycles. The molecule has 0 N–H and O–H groups in total. The standard InChI is InChI=1S/C25H27NO7/c1-7-33-25(28)22-15(2)26(17-8-10-18(29-3)11-9-17)24(27)19(22)12-16-13-20(30-4)23(32-6)21(14-16)31-5/h8-14H,7H2,1-6H3/b19-12-. The molecule has 1 amide bonds. The fraction of sp³-hybridized carbons (Fsp3) is 0.280. The Labute approximate surface area is 192 Å². The SMILES string of the molecule is CCOC(=O)C1=C(C)N(c2ccc(OC)cc2)C(=O)/C1=C\c1cc(OC)c(OC)c(OC)c1. The number of benzene rings is 2. The summed E-state index contributed by atoms with van der Waals surface area (Å²) in [4.78, 5) is 27.8. The average Bonchev–Trinajstić information content (AvgIpc) is 3.07. The van der Waals surface area contributed by atoms with Crippen molar-refractivity contribution >= 4 is 23.6 Å². The van der Waals surface area contributed by atoms with Crippen molar-refractivity contribution in [3.63, 3.8) is 0 Å². The first-order chi connectivity index (χ1) is 15.9. The largest absolute Gasteiger partial charge is 0.497 e. The van der Waals surface area contributed by atoms with E-state index in [1.54, 1.807) is 63.4 Å². The summed E-state index contributed by atoms with van der Waals surface area (Å²) in [7, 11) is 6.10. The van der Waals surface area contributed by atoms with Crippen LogP contribution in [0.25, 0.3) is 6.08 Å². The molecular formula is C25H27NO7. The molecule has 8 nitrogen and oxygen atoms in total. The van der Waals surface area contributed by atoms with Crippen molar-refractivity contribution in [2.45, 2.75) is 13.8 Å². The first-order valence-electron chi connectivity index (χ1n) is 10.3. The van der Waals surface area contributed by atoms with Crippen LogP contribution in [0.3, 0.4) is 0 Å². The van der Waals surface area contributed by atoms with Gasteiger partial charge in [0.1, 0.15) is 5.75 Å². The van der Waals surface area contributed by atoms with Gasteiger partial charge in [-0.2, -0.15) is 0 Å². The Morgan fingerprint density at radius 2 is 1.55 bits per heavy atom. The van der Waals surface area contributed by atoms with Gasteiger partial charge in [-0.15, -0.1) is 0 Å². The lowest BCUT2D eigenvalue weighted by atomic mass is 10.0. The van der Waals surface area contributed by atoms with E-state index in [2.05, 4.69) is 0 Å². The minimum absolute atomic E-state index is 0.184. The molecule has 2 aromatic rings. The smallest absolute Gasteiger partial charge is 0.340 e. The van der Waals surface area contributed by atoms with Crippen molar-refractivity contribution < 1.29 is 33.3 Å². The van der Waals surface area contributed by atoms with Crippen molar-refractivity contribution in [1.29, 1.82) is 0 Å². The first kappa shape index (κ1) is 23.7. The van der Waals surface area contributed by atoms with E-state index < -0.39 is 5.97 Å². The summed E-state index contributed by atoms with van der Waals surface area (Å²) in [5.74, 6) is 1.02. The lowest BCUT2D eigenvalue weighted by molar-refractivity contribution is -0.138. The third-order valence-electron chi connectivity index (χ3n) is 5.21. The fourth-order valence-corrected chi connectivity index (χ4v) is 3.67. The number of carbonyl (C=O) groups is 2. The van der Waals surface area contributed by atoms with Gasteiger partial charge in [-0.05, 0) is 61.9 Å². The van der Waals surface area contributed by atoms with Gasteiger partial charge in [0.2, 0.25) is 5.75 Å². The first-order valence-corrected chi connectivity index (χ1v) is 10.3. The molecule has 1 heterocycles. The van der Waals surface area contributed by atoms with Crippen molar-refractivity contribution in [3.05, 3.63) is 58.8 Å². The number of hydrogen-bond donors (Lipinski definition) is 0. The van der Waals surface area contributed by atoms with Gasteiger partial charge in [0, 0.05) is 11.4 Å². The van der Waals surface area contributed by atoms with Gasteiger partial charge in [0.05, 0.1) is 46.2 Å². The van der Waals surface area contributed by atoms with Gasteiger partial charge in [-0.25, -0.2) is 4.79 Å². The summed E-state index contributed by atoms with van der Waals surface area (Å²) < 4.78 is 26.6. The number of allylic oxidation sites excluding steroid dienone is 1. The third-order valence-corrected chi connectivity index (χ3v) is 5.21. The molecule has 0 bridgehead atoms. The molecule has 1 aliphatic rings. The molecule has 0 unspecified atom stereocenters. The summed E-state index contributed by atoms with van der Waals surface area (Å²) in [6.07, 6.45) is 1.62. The van der Waals surface area contributed by atoms with Crippen LogP contribution in [0.1, 0.15) is 19.4 Å². The number of esters is 1. The van der Waals surface area contributed by atoms with Gasteiger partial charge in [0.15, 0.2) is 11.5 Å². The lowest BCUT2D eigenvalue weighted by Gasteiger charge is -2.18. The maximum absolute atomic E-state index is 13.5. The molecule has 2 aromatic carbocycles. The third kappa shape index (κ3) is 4.50. The second-order valence-electron chi connectivity index (χ2n) is 7.04. The number of ether oxygens (including phenoxy) is 5. The minimum atomic E-state index is -0.571. The summed E-state index contributed by atoms with van der Waals surface area (Å²) in [6.45, 7) is 3.61. The van der Waals surface area contributed by atoms with Crippen LogP contribution in [0, 0.1) is 0 Å². The predicted molar refractivity (Wildman–Crippen MR) is 124 cm³/mol. The van der Waals surface area contributed by atoms with Gasteiger partial charge in [-0.3, -0.25) is 9.69 Å². The molecule has 3 rings (SSSR count). The molecule has 8 heteroatoms. The number of rotatable bonds is 8. The van der Waals surface area contributed by atoms with Crippen molar-refractivity contribution in [1.82, 2.24) is 0 Å². The van der Waals surface area contributed by atoms with Crippen LogP contribution < -0.4 is 23.8 Å². The highest BCUT2D eigenvalue weighted by atomic mass is 16.5. The quantitative estimate of drug-likeness (QED) is 0.441. The number of anilines is 1. The Kier molecular flexibility index (Phi) is 7.27. The van der Waals surface area contributed by atoms with Crippen LogP contribution in [0.5, 0.6) is 23.0 Å². The lowest BCUT2D eigenvalue weighted by Crippen LogP contribution is -2.24. The Morgan fingerprint density at radius 1 is 0.939 bits per heavy atom. The van der Waals surface area contributed by atoms with Crippen LogP contribution in [-0.2, 0) is 14.3 Å². The monoisotopic (exact) mass is 453 g/mol. The fourth-order valence-electron chi connectivity index (χ4n) is 3.67. The second kappa shape index (κ2) is 10.1. The number of carbonyl (C=O) groups excluding carboxylic acids is 2. The molecule has 0 radical (unpaired) electrons. The van der Waals surface area contributed by atoms with Crippen LogP contribution >= 0.6 is 0 Å². The summed E-state index contributed by atoms with van der Waals surface area (Å²) in [5, 5.41) is 0. The van der Waals surface area contributed by atoms with Gasteiger partial charge in [0.25, 0.3) is 5.91 Å². The highest BCUT2D eigenvalue weighted by molar-refractivity contribution is 6.23. The van der Waals surface area contributed by atoms with Crippen LogP contribution in [0.15, 0.2) is 53.2 Å². The van der Waals surface area contributed by atoms with E-state index in [1.165, 1.54) is 26.2 Å². The molecule has 33 heavy (non-hydrogen) atoms. The Morgan fingerprint density at radius 3 is 2.03 bits per heavy atom. The molecule has 0 spiro atoms. The van der Waals surface area contributed by atoms with Crippen molar-refractivity contribution in [3.8, 4) is 23.0 Å². The van der Waals surface area contributed by atoms with Crippen LogP contribution in [-0.4, -0.2) is 46.9 Å². The zero-order valence-electron chi connectivity index (χ0n) is 19.6. The summed E-state index contributed by atoms with van der Waals surface area (Å²) in [6, 6.07) is 10.4. The molecule has 0 saturated heterocycles. The number of nitrogens with zero attached hydrogens (tertiary/aromatic N) is 1. The van der Waals surface area contributed by atoms with E-state index in [-0.39, 0.29) is 23.7 Å². The average molecular weight is 453 g/mol. The molecule has 0 atom stereocenters. The Balaban J connectivity index is 2.16. The summed E-state index contributed by atoms with van der Waals surface area (Å²) in [5.41, 5.74) is 2.08. The van der Waals surface area contributed by atoms with Gasteiger partial charge >= 0.3 is 5.97 Å². The van der Waals surface area contributed by atoms with E-state index in [0.717, 1.165) is 0 Å². The Bertz CT molecular complexity index is 1090. The molecule has 0 fully saturated rings. The van der Waals surface area contributed by atoms with E-state index in [0.29, 0.717) is 39.9 Å². The van der Waals surface area contributed by atoms with E-state index in [9.17, 15) is 9.59 Å². The molecule has 0 aromatic heterocycles.